The van der Waals surface area contributed by atoms with Crippen LogP contribution in [0.15, 0.2) is 67.4 Å². The highest BCUT2D eigenvalue weighted by molar-refractivity contribution is 5.99. The molecule has 4 rings (SSSR count). The van der Waals surface area contributed by atoms with E-state index >= 15 is 0 Å². The van der Waals surface area contributed by atoms with Gasteiger partial charge in [-0.25, -0.2) is 9.78 Å². The molecule has 0 aliphatic heterocycles. The van der Waals surface area contributed by atoms with E-state index in [-0.39, 0.29) is 23.9 Å². The number of carboxylic acid groups (broad SMARTS) is 1. The number of amides is 1. The molecule has 0 bridgehead atoms. The lowest BCUT2D eigenvalue weighted by Gasteiger charge is -2.10. The molecule has 0 aliphatic carbocycles. The molecule has 3 N–H and O–H groups in total. The van der Waals surface area contributed by atoms with E-state index in [1.54, 1.807) is 59.8 Å². The molecule has 0 saturated carbocycles. The molecule has 2 heterocycles. The monoisotopic (exact) mass is 402 g/mol. The lowest BCUT2D eigenvalue weighted by atomic mass is 10.0. The summed E-state index contributed by atoms with van der Waals surface area (Å²) in [5.41, 5.74) is 2.60. The Hall–Kier alpha value is -4.20. The van der Waals surface area contributed by atoms with Gasteiger partial charge in [-0.2, -0.15) is 0 Å². The average molecular weight is 402 g/mol. The second kappa shape index (κ2) is 8.04. The van der Waals surface area contributed by atoms with Gasteiger partial charge in [0, 0.05) is 41.5 Å². The molecule has 30 heavy (non-hydrogen) atoms. The third-order valence-electron chi connectivity index (χ3n) is 4.75. The summed E-state index contributed by atoms with van der Waals surface area (Å²) in [6.07, 6.45) is 6.94. The van der Waals surface area contributed by atoms with Gasteiger partial charge in [0.05, 0.1) is 24.1 Å². The Labute approximate surface area is 171 Å². The van der Waals surface area contributed by atoms with Gasteiger partial charge in [0.1, 0.15) is 5.75 Å². The van der Waals surface area contributed by atoms with Crippen molar-refractivity contribution in [1.82, 2.24) is 19.9 Å². The molecular weight excluding hydrogens is 384 g/mol. The maximum Gasteiger partial charge on any atom is 0.335 e. The van der Waals surface area contributed by atoms with Crippen LogP contribution >= 0.6 is 0 Å². The third-order valence-corrected chi connectivity index (χ3v) is 4.75. The first-order valence-electron chi connectivity index (χ1n) is 9.18. The van der Waals surface area contributed by atoms with Crippen molar-refractivity contribution in [1.29, 1.82) is 0 Å². The standard InChI is InChI=1S/C22H18N4O4/c27-20-17(9-14-1-3-15(4-2-14)22(29)30)11-24-19-6-5-16(10-18(19)20)21(28)25-13-26-8-7-23-12-26/h1-8,10-12H,9,13H2,(H,24,27)(H,25,28)(H,29,30). The molecule has 8 heteroatoms. The fourth-order valence-electron chi connectivity index (χ4n) is 3.12. The number of hydrogen-bond acceptors (Lipinski definition) is 5. The first-order chi connectivity index (χ1) is 14.5. The van der Waals surface area contributed by atoms with Crippen LogP contribution in [-0.4, -0.2) is 36.6 Å². The van der Waals surface area contributed by atoms with Crippen molar-refractivity contribution in [3.05, 3.63) is 89.6 Å². The van der Waals surface area contributed by atoms with E-state index in [4.69, 9.17) is 5.11 Å². The Morgan fingerprint density at radius 3 is 2.53 bits per heavy atom. The number of carbonyl (C=O) groups is 2. The number of benzene rings is 2. The summed E-state index contributed by atoms with van der Waals surface area (Å²) in [5.74, 6) is -1.22. The van der Waals surface area contributed by atoms with Crippen molar-refractivity contribution in [2.45, 2.75) is 13.1 Å². The van der Waals surface area contributed by atoms with Crippen LogP contribution < -0.4 is 5.32 Å². The smallest absolute Gasteiger partial charge is 0.335 e. The zero-order chi connectivity index (χ0) is 21.1. The van der Waals surface area contributed by atoms with Gasteiger partial charge in [0.2, 0.25) is 0 Å². The number of aromatic carboxylic acids is 1. The molecule has 0 atom stereocenters. The molecule has 8 nitrogen and oxygen atoms in total. The molecule has 0 unspecified atom stereocenters. The molecule has 0 fully saturated rings. The summed E-state index contributed by atoms with van der Waals surface area (Å²) >= 11 is 0. The Kier molecular flexibility index (Phi) is 5.13. The van der Waals surface area contributed by atoms with Gasteiger partial charge in [-0.3, -0.25) is 9.78 Å². The number of fused-ring (bicyclic) bond motifs is 1. The molecule has 1 amide bonds. The summed E-state index contributed by atoms with van der Waals surface area (Å²) in [6.45, 7) is 0.285. The summed E-state index contributed by atoms with van der Waals surface area (Å²) in [5, 5.41) is 23.0. The summed E-state index contributed by atoms with van der Waals surface area (Å²) in [7, 11) is 0. The highest BCUT2D eigenvalue weighted by atomic mass is 16.4. The van der Waals surface area contributed by atoms with E-state index in [2.05, 4.69) is 15.3 Å². The number of carboxylic acids is 1. The normalized spacial score (nSPS) is 10.8. The summed E-state index contributed by atoms with van der Waals surface area (Å²) in [4.78, 5) is 31.7. The van der Waals surface area contributed by atoms with Crippen LogP contribution in [0.25, 0.3) is 10.9 Å². The van der Waals surface area contributed by atoms with Crippen molar-refractivity contribution in [3.63, 3.8) is 0 Å². The first-order valence-corrected chi connectivity index (χ1v) is 9.18. The van der Waals surface area contributed by atoms with E-state index in [0.29, 0.717) is 28.5 Å². The lowest BCUT2D eigenvalue weighted by molar-refractivity contribution is 0.0696. The minimum atomic E-state index is -0.990. The SMILES string of the molecule is O=C(O)c1ccc(Cc2cnc3ccc(C(=O)NCn4ccnc4)cc3c2O)cc1. The van der Waals surface area contributed by atoms with Crippen molar-refractivity contribution >= 4 is 22.8 Å². The van der Waals surface area contributed by atoms with Crippen LogP contribution in [-0.2, 0) is 13.1 Å². The molecular formula is C22H18N4O4. The summed E-state index contributed by atoms with van der Waals surface area (Å²) < 4.78 is 1.73. The number of nitrogens with one attached hydrogen (secondary N) is 1. The zero-order valence-corrected chi connectivity index (χ0v) is 15.8. The quantitative estimate of drug-likeness (QED) is 0.457. The Morgan fingerprint density at radius 2 is 1.83 bits per heavy atom. The number of imidazole rings is 1. The van der Waals surface area contributed by atoms with Crippen LogP contribution in [0.5, 0.6) is 5.75 Å². The Bertz CT molecular complexity index is 1220. The molecule has 150 valence electrons. The lowest BCUT2D eigenvalue weighted by Crippen LogP contribution is -2.25. The number of aromatic nitrogens is 3. The van der Waals surface area contributed by atoms with Gasteiger partial charge in [0.25, 0.3) is 5.91 Å². The second-order valence-corrected chi connectivity index (χ2v) is 6.78. The van der Waals surface area contributed by atoms with Gasteiger partial charge < -0.3 is 20.1 Å². The van der Waals surface area contributed by atoms with Crippen LogP contribution in [0.3, 0.4) is 0 Å². The van der Waals surface area contributed by atoms with Crippen molar-refractivity contribution < 1.29 is 19.8 Å². The number of aromatic hydroxyl groups is 1. The fraction of sp³-hybridized carbons (Fsp3) is 0.0909. The highest BCUT2D eigenvalue weighted by Gasteiger charge is 2.13. The number of hydrogen-bond donors (Lipinski definition) is 3. The Balaban J connectivity index is 1.57. The third kappa shape index (κ3) is 3.97. The molecule has 2 aromatic heterocycles. The number of pyridine rings is 1. The average Bonchev–Trinajstić information content (AvgIpc) is 3.28. The minimum Gasteiger partial charge on any atom is -0.507 e. The fourth-order valence-corrected chi connectivity index (χ4v) is 3.12. The highest BCUT2D eigenvalue weighted by Crippen LogP contribution is 2.29. The van der Waals surface area contributed by atoms with Gasteiger partial charge in [0.15, 0.2) is 0 Å². The number of carbonyl (C=O) groups excluding carboxylic acids is 1. The van der Waals surface area contributed by atoms with Crippen molar-refractivity contribution in [2.24, 2.45) is 0 Å². The van der Waals surface area contributed by atoms with E-state index in [0.717, 1.165) is 5.56 Å². The minimum absolute atomic E-state index is 0.0478. The van der Waals surface area contributed by atoms with E-state index in [9.17, 15) is 14.7 Å². The molecule has 0 radical (unpaired) electrons. The topological polar surface area (TPSA) is 117 Å². The van der Waals surface area contributed by atoms with Gasteiger partial charge in [-0.05, 0) is 35.9 Å². The second-order valence-electron chi connectivity index (χ2n) is 6.78. The number of rotatable bonds is 6. The summed E-state index contributed by atoms with van der Waals surface area (Å²) in [6, 6.07) is 11.4. The predicted octanol–water partition coefficient (Wildman–Crippen LogP) is 2.81. The molecule has 0 spiro atoms. The van der Waals surface area contributed by atoms with Crippen molar-refractivity contribution in [2.75, 3.05) is 0 Å². The van der Waals surface area contributed by atoms with Crippen molar-refractivity contribution in [3.8, 4) is 5.75 Å². The van der Waals surface area contributed by atoms with Crippen LogP contribution in [0.2, 0.25) is 0 Å². The number of nitrogens with zero attached hydrogens (tertiary/aromatic N) is 3. The van der Waals surface area contributed by atoms with Gasteiger partial charge in [-0.1, -0.05) is 12.1 Å². The van der Waals surface area contributed by atoms with Gasteiger partial charge in [-0.15, -0.1) is 0 Å². The van der Waals surface area contributed by atoms with Crippen LogP contribution in [0, 0.1) is 0 Å². The van der Waals surface area contributed by atoms with E-state index < -0.39 is 5.97 Å². The first kappa shape index (κ1) is 19.1. The molecule has 4 aromatic rings. The van der Waals surface area contributed by atoms with E-state index in [1.165, 1.54) is 12.1 Å². The van der Waals surface area contributed by atoms with E-state index in [1.807, 2.05) is 0 Å². The largest absolute Gasteiger partial charge is 0.507 e. The molecule has 0 saturated heterocycles. The molecule has 2 aromatic carbocycles. The Morgan fingerprint density at radius 1 is 1.07 bits per heavy atom. The molecule has 0 aliphatic rings. The zero-order valence-electron chi connectivity index (χ0n) is 15.8. The maximum atomic E-state index is 12.5. The maximum absolute atomic E-state index is 12.5. The predicted molar refractivity (Wildman–Crippen MR) is 109 cm³/mol. The van der Waals surface area contributed by atoms with Crippen LogP contribution in [0.1, 0.15) is 31.8 Å². The van der Waals surface area contributed by atoms with Crippen LogP contribution in [0.4, 0.5) is 0 Å². The van der Waals surface area contributed by atoms with Gasteiger partial charge >= 0.3 is 5.97 Å².